The van der Waals surface area contributed by atoms with Gasteiger partial charge in [0.15, 0.2) is 0 Å². The molecule has 1 aliphatic heterocycles. The van der Waals surface area contributed by atoms with Crippen molar-refractivity contribution in [2.24, 2.45) is 0 Å². The molecule has 16 heavy (non-hydrogen) atoms. The van der Waals surface area contributed by atoms with Crippen LogP contribution in [-0.2, 0) is 5.33 Å². The van der Waals surface area contributed by atoms with Crippen LogP contribution in [0.4, 0.5) is 10.1 Å². The third kappa shape index (κ3) is 2.57. The average Bonchev–Trinajstić information content (AvgIpc) is 2.57. The Labute approximate surface area is 105 Å². The molecule has 1 aromatic rings. The molecule has 0 spiro atoms. The maximum absolute atomic E-state index is 13.7. The lowest BCUT2D eigenvalue weighted by molar-refractivity contribution is 0.615. The number of benzene rings is 1. The summed E-state index contributed by atoms with van der Waals surface area (Å²) < 4.78 is 13.7. The van der Waals surface area contributed by atoms with Gasteiger partial charge in [0.1, 0.15) is 5.82 Å². The molecule has 1 heterocycles. The summed E-state index contributed by atoms with van der Waals surface area (Å²) in [5.41, 5.74) is 1.86. The molecular weight excluding hydrogens is 269 g/mol. The lowest BCUT2D eigenvalue weighted by Gasteiger charge is -2.25. The number of hydrogen-bond acceptors (Lipinski definition) is 1. The first-order valence-electron chi connectivity index (χ1n) is 5.91. The maximum Gasteiger partial charge on any atom is 0.129 e. The Morgan fingerprint density at radius 1 is 1.12 bits per heavy atom. The zero-order valence-electron chi connectivity index (χ0n) is 9.38. The lowest BCUT2D eigenvalue weighted by Crippen LogP contribution is -2.25. The van der Waals surface area contributed by atoms with Crippen LogP contribution < -0.4 is 4.90 Å². The van der Waals surface area contributed by atoms with Gasteiger partial charge in [-0.3, -0.25) is 0 Å². The van der Waals surface area contributed by atoms with Crippen LogP contribution in [0, 0.1) is 5.82 Å². The van der Waals surface area contributed by atoms with Crippen molar-refractivity contribution < 1.29 is 4.39 Å². The van der Waals surface area contributed by atoms with Gasteiger partial charge in [0.05, 0.1) is 0 Å². The fourth-order valence-corrected chi connectivity index (χ4v) is 2.84. The van der Waals surface area contributed by atoms with Crippen LogP contribution in [0.1, 0.15) is 31.2 Å². The second-order valence-electron chi connectivity index (χ2n) is 4.27. The van der Waals surface area contributed by atoms with E-state index in [1.54, 1.807) is 0 Å². The Morgan fingerprint density at radius 2 is 1.81 bits per heavy atom. The molecule has 0 bridgehead atoms. The minimum absolute atomic E-state index is 0.0985. The standard InChI is InChI=1S/C13H17BrFN/c14-10-11-12(15)6-5-7-13(11)16-8-3-1-2-4-9-16/h5-7H,1-4,8-10H2. The Hall–Kier alpha value is -0.570. The Kier molecular flexibility index (Phi) is 4.22. The number of nitrogens with zero attached hydrogens (tertiary/aromatic N) is 1. The fourth-order valence-electron chi connectivity index (χ4n) is 2.29. The van der Waals surface area contributed by atoms with E-state index in [0.29, 0.717) is 5.33 Å². The van der Waals surface area contributed by atoms with Crippen LogP contribution in [0.2, 0.25) is 0 Å². The highest BCUT2D eigenvalue weighted by Crippen LogP contribution is 2.27. The topological polar surface area (TPSA) is 3.24 Å². The van der Waals surface area contributed by atoms with Crippen LogP contribution in [0.15, 0.2) is 18.2 Å². The average molecular weight is 286 g/mol. The molecule has 3 heteroatoms. The first-order valence-corrected chi connectivity index (χ1v) is 7.03. The monoisotopic (exact) mass is 285 g/mol. The first kappa shape index (κ1) is 11.9. The van der Waals surface area contributed by atoms with E-state index in [2.05, 4.69) is 20.8 Å². The van der Waals surface area contributed by atoms with E-state index < -0.39 is 0 Å². The van der Waals surface area contributed by atoms with Crippen molar-refractivity contribution in [1.82, 2.24) is 0 Å². The molecular formula is C13H17BrFN. The number of halogens is 2. The molecule has 0 N–H and O–H groups in total. The second kappa shape index (κ2) is 5.67. The zero-order chi connectivity index (χ0) is 11.4. The molecule has 1 saturated heterocycles. The number of alkyl halides is 1. The molecule has 0 aromatic heterocycles. The maximum atomic E-state index is 13.7. The van der Waals surface area contributed by atoms with E-state index in [1.807, 2.05) is 12.1 Å². The van der Waals surface area contributed by atoms with Crippen molar-refractivity contribution in [3.8, 4) is 0 Å². The van der Waals surface area contributed by atoms with Crippen molar-refractivity contribution in [3.63, 3.8) is 0 Å². The Morgan fingerprint density at radius 3 is 2.44 bits per heavy atom. The summed E-state index contributed by atoms with van der Waals surface area (Å²) in [6, 6.07) is 5.38. The van der Waals surface area contributed by atoms with Crippen LogP contribution in [0.5, 0.6) is 0 Å². The van der Waals surface area contributed by atoms with E-state index in [9.17, 15) is 4.39 Å². The molecule has 1 nitrogen and oxygen atoms in total. The largest absolute Gasteiger partial charge is 0.371 e. The van der Waals surface area contributed by atoms with Gasteiger partial charge in [0.25, 0.3) is 0 Å². The van der Waals surface area contributed by atoms with Crippen LogP contribution >= 0.6 is 15.9 Å². The number of hydrogen-bond donors (Lipinski definition) is 0. The van der Waals surface area contributed by atoms with Gasteiger partial charge in [0.2, 0.25) is 0 Å². The smallest absolute Gasteiger partial charge is 0.129 e. The quantitative estimate of drug-likeness (QED) is 0.740. The van der Waals surface area contributed by atoms with Crippen LogP contribution in [0.25, 0.3) is 0 Å². The second-order valence-corrected chi connectivity index (χ2v) is 4.83. The molecule has 88 valence electrons. The van der Waals surface area contributed by atoms with E-state index in [0.717, 1.165) is 24.3 Å². The lowest BCUT2D eigenvalue weighted by atomic mass is 10.1. The van der Waals surface area contributed by atoms with E-state index >= 15 is 0 Å². The molecule has 0 amide bonds. The van der Waals surface area contributed by atoms with E-state index in [1.165, 1.54) is 31.7 Å². The molecule has 0 radical (unpaired) electrons. The third-order valence-electron chi connectivity index (χ3n) is 3.17. The normalized spacial score (nSPS) is 17.2. The highest BCUT2D eigenvalue weighted by atomic mass is 79.9. The van der Waals surface area contributed by atoms with Crippen molar-refractivity contribution in [1.29, 1.82) is 0 Å². The van der Waals surface area contributed by atoms with Gasteiger partial charge in [0, 0.05) is 29.7 Å². The molecule has 1 fully saturated rings. The van der Waals surface area contributed by atoms with Gasteiger partial charge in [-0.25, -0.2) is 4.39 Å². The van der Waals surface area contributed by atoms with Gasteiger partial charge in [-0.2, -0.15) is 0 Å². The highest BCUT2D eigenvalue weighted by molar-refractivity contribution is 9.08. The Bertz CT molecular complexity index is 346. The SMILES string of the molecule is Fc1cccc(N2CCCCCC2)c1CBr. The van der Waals surface area contributed by atoms with Gasteiger partial charge in [-0.1, -0.05) is 34.8 Å². The van der Waals surface area contributed by atoms with Gasteiger partial charge < -0.3 is 4.90 Å². The molecule has 1 aromatic carbocycles. The van der Waals surface area contributed by atoms with E-state index in [-0.39, 0.29) is 5.82 Å². The molecule has 2 rings (SSSR count). The van der Waals surface area contributed by atoms with Crippen LogP contribution in [-0.4, -0.2) is 13.1 Å². The van der Waals surface area contributed by atoms with Crippen molar-refractivity contribution in [3.05, 3.63) is 29.6 Å². The predicted octanol–water partition coefficient (Wildman–Crippen LogP) is 4.10. The van der Waals surface area contributed by atoms with Gasteiger partial charge >= 0.3 is 0 Å². The highest BCUT2D eigenvalue weighted by Gasteiger charge is 2.15. The minimum atomic E-state index is -0.0985. The summed E-state index contributed by atoms with van der Waals surface area (Å²) in [6.07, 6.45) is 5.04. The van der Waals surface area contributed by atoms with Crippen molar-refractivity contribution >= 4 is 21.6 Å². The number of anilines is 1. The molecule has 1 aliphatic rings. The molecule has 0 unspecified atom stereocenters. The van der Waals surface area contributed by atoms with Crippen molar-refractivity contribution in [2.75, 3.05) is 18.0 Å². The van der Waals surface area contributed by atoms with Crippen LogP contribution in [0.3, 0.4) is 0 Å². The summed E-state index contributed by atoms with van der Waals surface area (Å²) in [7, 11) is 0. The predicted molar refractivity (Wildman–Crippen MR) is 69.7 cm³/mol. The van der Waals surface area contributed by atoms with Gasteiger partial charge in [-0.05, 0) is 25.0 Å². The summed E-state index contributed by atoms with van der Waals surface area (Å²) in [5.74, 6) is -0.0985. The van der Waals surface area contributed by atoms with E-state index in [4.69, 9.17) is 0 Å². The minimum Gasteiger partial charge on any atom is -0.371 e. The summed E-state index contributed by atoms with van der Waals surface area (Å²) in [5, 5.41) is 0.589. The molecule has 0 atom stereocenters. The van der Waals surface area contributed by atoms with Gasteiger partial charge in [-0.15, -0.1) is 0 Å². The summed E-state index contributed by atoms with van der Waals surface area (Å²) in [6.45, 7) is 2.12. The molecule has 0 aliphatic carbocycles. The molecule has 0 saturated carbocycles. The third-order valence-corrected chi connectivity index (χ3v) is 3.74. The Balaban J connectivity index is 2.27. The first-order chi connectivity index (χ1) is 7.83. The zero-order valence-corrected chi connectivity index (χ0v) is 11.0. The fraction of sp³-hybridized carbons (Fsp3) is 0.538. The number of rotatable bonds is 2. The summed E-state index contributed by atoms with van der Waals surface area (Å²) >= 11 is 3.38. The summed E-state index contributed by atoms with van der Waals surface area (Å²) in [4.78, 5) is 2.33. The van der Waals surface area contributed by atoms with Crippen molar-refractivity contribution in [2.45, 2.75) is 31.0 Å².